The number of halogens is 1. The summed E-state index contributed by atoms with van der Waals surface area (Å²) in [5, 5.41) is 8.72. The molecule has 0 amide bonds. The molecule has 19 heavy (non-hydrogen) atoms. The smallest absolute Gasteiger partial charge is 0.225 e. The van der Waals surface area contributed by atoms with E-state index in [1.165, 1.54) is 5.56 Å². The van der Waals surface area contributed by atoms with Gasteiger partial charge in [-0.2, -0.15) is 0 Å². The van der Waals surface area contributed by atoms with Crippen LogP contribution in [0.5, 0.6) is 0 Å². The number of hydrogen-bond donors (Lipinski definition) is 0. The topological polar surface area (TPSA) is 30.7 Å². The van der Waals surface area contributed by atoms with E-state index in [2.05, 4.69) is 62.2 Å². The molecule has 0 saturated heterocycles. The molecular formula is C15H20ClN3. The Kier molecular flexibility index (Phi) is 3.95. The summed E-state index contributed by atoms with van der Waals surface area (Å²) >= 11 is 6.20. The molecular weight excluding hydrogens is 258 g/mol. The summed E-state index contributed by atoms with van der Waals surface area (Å²) < 4.78 is 2.04. The maximum atomic E-state index is 6.20. The Morgan fingerprint density at radius 2 is 1.79 bits per heavy atom. The first-order valence-electron chi connectivity index (χ1n) is 6.54. The second kappa shape index (κ2) is 5.33. The average Bonchev–Trinajstić information content (AvgIpc) is 2.72. The van der Waals surface area contributed by atoms with E-state index in [9.17, 15) is 0 Å². The Morgan fingerprint density at radius 3 is 2.37 bits per heavy atom. The summed E-state index contributed by atoms with van der Waals surface area (Å²) in [6, 6.07) is 10.6. The molecule has 1 unspecified atom stereocenters. The zero-order valence-corrected chi connectivity index (χ0v) is 12.6. The molecule has 1 heterocycles. The third-order valence-electron chi connectivity index (χ3n) is 3.14. The lowest BCUT2D eigenvalue weighted by atomic mass is 9.95. The van der Waals surface area contributed by atoms with Crippen LogP contribution in [-0.2, 0) is 11.8 Å². The van der Waals surface area contributed by atoms with E-state index < -0.39 is 0 Å². The Labute approximate surface area is 119 Å². The van der Waals surface area contributed by atoms with E-state index in [0.717, 1.165) is 12.2 Å². The van der Waals surface area contributed by atoms with Crippen molar-refractivity contribution in [3.05, 3.63) is 47.0 Å². The summed E-state index contributed by atoms with van der Waals surface area (Å²) in [5.74, 6) is 0.931. The Hall–Kier alpha value is -1.35. The molecule has 4 heteroatoms. The molecule has 1 aromatic heterocycles. The highest BCUT2D eigenvalue weighted by Gasteiger charge is 2.25. The minimum absolute atomic E-state index is 0.0644. The van der Waals surface area contributed by atoms with Crippen LogP contribution >= 0.6 is 11.6 Å². The zero-order chi connectivity index (χ0) is 14.0. The van der Waals surface area contributed by atoms with Gasteiger partial charge in [0.1, 0.15) is 5.82 Å². The third-order valence-corrected chi connectivity index (χ3v) is 3.40. The SMILES string of the molecule is CC(Cc1ccccc1)n1c(Cl)nnc1C(C)(C)C. The maximum Gasteiger partial charge on any atom is 0.225 e. The lowest BCUT2D eigenvalue weighted by Gasteiger charge is -2.23. The van der Waals surface area contributed by atoms with Gasteiger partial charge >= 0.3 is 0 Å². The van der Waals surface area contributed by atoms with E-state index in [1.807, 2.05) is 10.6 Å². The first-order chi connectivity index (χ1) is 8.89. The van der Waals surface area contributed by atoms with Crippen molar-refractivity contribution < 1.29 is 0 Å². The number of nitrogens with zero attached hydrogens (tertiary/aromatic N) is 3. The second-order valence-corrected chi connectivity index (χ2v) is 6.29. The first-order valence-corrected chi connectivity index (χ1v) is 6.92. The summed E-state index contributed by atoms with van der Waals surface area (Å²) in [7, 11) is 0. The minimum Gasteiger partial charge on any atom is -0.298 e. The predicted octanol–water partition coefficient (Wildman–Crippen LogP) is 4.03. The highest BCUT2D eigenvalue weighted by Crippen LogP contribution is 2.27. The van der Waals surface area contributed by atoms with E-state index in [0.29, 0.717) is 5.28 Å². The van der Waals surface area contributed by atoms with E-state index in [1.54, 1.807) is 0 Å². The van der Waals surface area contributed by atoms with Gasteiger partial charge in [-0.1, -0.05) is 51.1 Å². The Balaban J connectivity index is 2.29. The lowest BCUT2D eigenvalue weighted by molar-refractivity contribution is 0.450. The summed E-state index contributed by atoms with van der Waals surface area (Å²) in [6.45, 7) is 8.52. The fraction of sp³-hybridized carbons (Fsp3) is 0.467. The second-order valence-electron chi connectivity index (χ2n) is 5.95. The maximum absolute atomic E-state index is 6.20. The number of benzene rings is 1. The molecule has 1 atom stereocenters. The summed E-state index contributed by atoms with van der Waals surface area (Å²) in [6.07, 6.45) is 0.918. The van der Waals surface area contributed by atoms with Gasteiger partial charge in [-0.25, -0.2) is 0 Å². The predicted molar refractivity (Wildman–Crippen MR) is 78.6 cm³/mol. The third kappa shape index (κ3) is 3.16. The largest absolute Gasteiger partial charge is 0.298 e. The minimum atomic E-state index is -0.0644. The number of rotatable bonds is 3. The van der Waals surface area contributed by atoms with Crippen molar-refractivity contribution >= 4 is 11.6 Å². The lowest BCUT2D eigenvalue weighted by Crippen LogP contribution is -2.22. The van der Waals surface area contributed by atoms with Gasteiger partial charge in [0.2, 0.25) is 5.28 Å². The van der Waals surface area contributed by atoms with E-state index >= 15 is 0 Å². The molecule has 1 aromatic carbocycles. The van der Waals surface area contributed by atoms with Crippen LogP contribution in [0.25, 0.3) is 0 Å². The van der Waals surface area contributed by atoms with Crippen LogP contribution in [0.4, 0.5) is 0 Å². The van der Waals surface area contributed by atoms with E-state index in [4.69, 9.17) is 11.6 Å². The molecule has 0 saturated carbocycles. The molecule has 3 nitrogen and oxygen atoms in total. The van der Waals surface area contributed by atoms with Gasteiger partial charge in [0.15, 0.2) is 0 Å². The van der Waals surface area contributed by atoms with Crippen molar-refractivity contribution in [2.45, 2.75) is 45.6 Å². The summed E-state index contributed by atoms with van der Waals surface area (Å²) in [4.78, 5) is 0. The molecule has 0 radical (unpaired) electrons. The Bertz CT molecular complexity index is 540. The molecule has 0 spiro atoms. The molecule has 2 aromatic rings. The van der Waals surface area contributed by atoms with Gasteiger partial charge in [0, 0.05) is 11.5 Å². The van der Waals surface area contributed by atoms with Crippen LogP contribution in [0.1, 0.15) is 45.1 Å². The van der Waals surface area contributed by atoms with Gasteiger partial charge in [0.05, 0.1) is 0 Å². The fourth-order valence-electron chi connectivity index (χ4n) is 2.22. The molecule has 0 fully saturated rings. The van der Waals surface area contributed by atoms with Gasteiger partial charge < -0.3 is 0 Å². The average molecular weight is 278 g/mol. The molecule has 0 aliphatic carbocycles. The van der Waals surface area contributed by atoms with Crippen molar-refractivity contribution in [3.63, 3.8) is 0 Å². The summed E-state index contributed by atoms with van der Waals surface area (Å²) in [5.41, 5.74) is 1.23. The van der Waals surface area contributed by atoms with Gasteiger partial charge in [0.25, 0.3) is 0 Å². The van der Waals surface area contributed by atoms with Gasteiger partial charge in [-0.15, -0.1) is 10.2 Å². The van der Waals surface area contributed by atoms with Crippen molar-refractivity contribution in [3.8, 4) is 0 Å². The number of aromatic nitrogens is 3. The quantitative estimate of drug-likeness (QED) is 0.848. The monoisotopic (exact) mass is 277 g/mol. The molecule has 2 rings (SSSR count). The molecule has 0 aliphatic heterocycles. The fourth-order valence-corrected chi connectivity index (χ4v) is 2.51. The highest BCUT2D eigenvalue weighted by molar-refractivity contribution is 6.28. The van der Waals surface area contributed by atoms with Crippen LogP contribution in [0.2, 0.25) is 5.28 Å². The zero-order valence-electron chi connectivity index (χ0n) is 11.9. The van der Waals surface area contributed by atoms with Crippen molar-refractivity contribution in [1.82, 2.24) is 14.8 Å². The Morgan fingerprint density at radius 1 is 1.16 bits per heavy atom. The van der Waals surface area contributed by atoms with Crippen LogP contribution in [0, 0.1) is 0 Å². The highest BCUT2D eigenvalue weighted by atomic mass is 35.5. The molecule has 102 valence electrons. The van der Waals surface area contributed by atoms with Gasteiger partial charge in [-0.05, 0) is 30.5 Å². The standard InChI is InChI=1S/C15H20ClN3/c1-11(10-12-8-6-5-7-9-12)19-13(15(2,3)4)17-18-14(19)16/h5-9,11H,10H2,1-4H3. The number of hydrogen-bond acceptors (Lipinski definition) is 2. The van der Waals surface area contributed by atoms with Crippen LogP contribution in [-0.4, -0.2) is 14.8 Å². The van der Waals surface area contributed by atoms with Crippen molar-refractivity contribution in [2.75, 3.05) is 0 Å². The van der Waals surface area contributed by atoms with Crippen molar-refractivity contribution in [1.29, 1.82) is 0 Å². The first kappa shape index (κ1) is 14.1. The van der Waals surface area contributed by atoms with Crippen LogP contribution in [0.15, 0.2) is 30.3 Å². The molecule has 0 bridgehead atoms. The van der Waals surface area contributed by atoms with Crippen LogP contribution in [0.3, 0.4) is 0 Å². The molecule has 0 aliphatic rings. The normalized spacial score (nSPS) is 13.5. The van der Waals surface area contributed by atoms with Crippen LogP contribution < -0.4 is 0 Å². The van der Waals surface area contributed by atoms with E-state index in [-0.39, 0.29) is 11.5 Å². The molecule has 0 N–H and O–H groups in total. The van der Waals surface area contributed by atoms with Gasteiger partial charge in [-0.3, -0.25) is 4.57 Å². The van der Waals surface area contributed by atoms with Crippen molar-refractivity contribution in [2.24, 2.45) is 0 Å².